The van der Waals surface area contributed by atoms with Gasteiger partial charge < -0.3 is 14.5 Å². The molecule has 2 aromatic heterocycles. The van der Waals surface area contributed by atoms with Crippen molar-refractivity contribution in [3.8, 4) is 5.88 Å². The number of ether oxygens (including phenoxy) is 2. The number of fused-ring (bicyclic) bond motifs is 3. The first-order valence-corrected chi connectivity index (χ1v) is 5.81. The summed E-state index contributed by atoms with van der Waals surface area (Å²) in [7, 11) is 0. The van der Waals surface area contributed by atoms with Gasteiger partial charge in [-0.3, -0.25) is 0 Å². The molecule has 6 heteroatoms. The Morgan fingerprint density at radius 3 is 3.33 bits per heavy atom. The lowest BCUT2D eigenvalue weighted by Crippen LogP contribution is -2.39. The van der Waals surface area contributed by atoms with Gasteiger partial charge in [-0.2, -0.15) is 4.98 Å². The number of nitrogens with zero attached hydrogens (tertiary/aromatic N) is 2. The summed E-state index contributed by atoms with van der Waals surface area (Å²) < 4.78 is 24.6. The fraction of sp³-hybridized carbons (Fsp3) is 0.333. The van der Waals surface area contributed by atoms with Crippen molar-refractivity contribution >= 4 is 22.4 Å². The van der Waals surface area contributed by atoms with Crippen LogP contribution in [0.3, 0.4) is 0 Å². The lowest BCUT2D eigenvalue weighted by atomic mass is 10.1. The van der Waals surface area contributed by atoms with Gasteiger partial charge in [0.1, 0.15) is 17.2 Å². The molecule has 4 rings (SSSR count). The SMILES string of the molecule is Fc1c[nH]c2nc3c(cc12)N=C1CCOC[C@@H]1O3. The summed E-state index contributed by atoms with van der Waals surface area (Å²) in [4.78, 5) is 11.5. The van der Waals surface area contributed by atoms with Crippen LogP contribution >= 0.6 is 0 Å². The molecule has 1 fully saturated rings. The normalized spacial score (nSPS) is 22.1. The van der Waals surface area contributed by atoms with Crippen LogP contribution in [0.2, 0.25) is 0 Å². The second kappa shape index (κ2) is 3.52. The lowest BCUT2D eigenvalue weighted by molar-refractivity contribution is 0.0602. The van der Waals surface area contributed by atoms with E-state index in [9.17, 15) is 4.39 Å². The highest BCUT2D eigenvalue weighted by Crippen LogP contribution is 2.35. The molecule has 5 nitrogen and oxygen atoms in total. The molecule has 18 heavy (non-hydrogen) atoms. The van der Waals surface area contributed by atoms with Crippen LogP contribution in [-0.4, -0.2) is 35.0 Å². The van der Waals surface area contributed by atoms with Crippen molar-refractivity contribution in [1.82, 2.24) is 9.97 Å². The zero-order valence-corrected chi connectivity index (χ0v) is 9.44. The van der Waals surface area contributed by atoms with Crippen molar-refractivity contribution in [2.45, 2.75) is 12.5 Å². The molecule has 0 amide bonds. The van der Waals surface area contributed by atoms with E-state index >= 15 is 0 Å². The fourth-order valence-electron chi connectivity index (χ4n) is 2.30. The van der Waals surface area contributed by atoms with E-state index in [2.05, 4.69) is 15.0 Å². The van der Waals surface area contributed by atoms with E-state index in [1.54, 1.807) is 6.07 Å². The summed E-state index contributed by atoms with van der Waals surface area (Å²) in [6.45, 7) is 1.15. The number of aromatic amines is 1. The Balaban J connectivity index is 1.90. The minimum atomic E-state index is -0.324. The zero-order valence-electron chi connectivity index (χ0n) is 9.44. The van der Waals surface area contributed by atoms with E-state index in [-0.39, 0.29) is 11.9 Å². The van der Waals surface area contributed by atoms with Gasteiger partial charge in [0.15, 0.2) is 6.10 Å². The molecule has 0 aliphatic carbocycles. The largest absolute Gasteiger partial charge is 0.464 e. The van der Waals surface area contributed by atoms with Gasteiger partial charge >= 0.3 is 0 Å². The predicted molar refractivity (Wildman–Crippen MR) is 63.0 cm³/mol. The summed E-state index contributed by atoms with van der Waals surface area (Å²) in [6, 6.07) is 1.67. The Bertz CT molecular complexity index is 665. The quantitative estimate of drug-likeness (QED) is 0.774. The van der Waals surface area contributed by atoms with Crippen molar-refractivity contribution in [3.63, 3.8) is 0 Å². The smallest absolute Gasteiger partial charge is 0.242 e. The van der Waals surface area contributed by atoms with E-state index in [1.807, 2.05) is 0 Å². The van der Waals surface area contributed by atoms with Crippen LogP contribution in [0.4, 0.5) is 10.1 Å². The van der Waals surface area contributed by atoms with E-state index in [0.29, 0.717) is 35.8 Å². The molecule has 1 atom stereocenters. The van der Waals surface area contributed by atoms with Crippen LogP contribution < -0.4 is 4.74 Å². The lowest BCUT2D eigenvalue weighted by Gasteiger charge is -2.28. The van der Waals surface area contributed by atoms with E-state index < -0.39 is 0 Å². The van der Waals surface area contributed by atoms with E-state index in [4.69, 9.17) is 9.47 Å². The first-order valence-electron chi connectivity index (χ1n) is 5.81. The third-order valence-electron chi connectivity index (χ3n) is 3.22. The topological polar surface area (TPSA) is 59.5 Å². The molecule has 0 radical (unpaired) electrons. The Hall–Kier alpha value is -1.95. The third kappa shape index (κ3) is 1.35. The average Bonchev–Trinajstić information content (AvgIpc) is 2.75. The number of rotatable bonds is 0. The van der Waals surface area contributed by atoms with Gasteiger partial charge in [-0.05, 0) is 6.07 Å². The van der Waals surface area contributed by atoms with E-state index in [0.717, 1.165) is 12.1 Å². The minimum Gasteiger partial charge on any atom is -0.464 e. The molecule has 1 N–H and O–H groups in total. The summed E-state index contributed by atoms with van der Waals surface area (Å²) in [5, 5.41) is 0.437. The molecule has 0 unspecified atom stereocenters. The maximum Gasteiger partial charge on any atom is 0.242 e. The maximum atomic E-state index is 13.5. The van der Waals surface area contributed by atoms with Gasteiger partial charge in [-0.1, -0.05) is 0 Å². The molecule has 0 spiro atoms. The van der Waals surface area contributed by atoms with Crippen LogP contribution in [0.15, 0.2) is 17.3 Å². The number of halogens is 1. The van der Waals surface area contributed by atoms with Gasteiger partial charge in [0.2, 0.25) is 5.88 Å². The van der Waals surface area contributed by atoms with Crippen molar-refractivity contribution in [1.29, 1.82) is 0 Å². The first kappa shape index (κ1) is 10.0. The van der Waals surface area contributed by atoms with Crippen LogP contribution in [-0.2, 0) is 4.74 Å². The molecule has 2 aromatic rings. The van der Waals surface area contributed by atoms with Crippen LogP contribution in [0.1, 0.15) is 6.42 Å². The molecule has 92 valence electrons. The minimum absolute atomic E-state index is 0.156. The summed E-state index contributed by atoms with van der Waals surface area (Å²) in [5.41, 5.74) is 2.02. The number of pyridine rings is 1. The second-order valence-corrected chi connectivity index (χ2v) is 4.38. The van der Waals surface area contributed by atoms with E-state index in [1.165, 1.54) is 6.20 Å². The first-order chi connectivity index (χ1) is 8.81. The van der Waals surface area contributed by atoms with Gasteiger partial charge in [0, 0.05) is 12.6 Å². The Morgan fingerprint density at radius 2 is 2.39 bits per heavy atom. The van der Waals surface area contributed by atoms with Crippen molar-refractivity contribution < 1.29 is 13.9 Å². The maximum absolute atomic E-state index is 13.5. The molecule has 4 heterocycles. The van der Waals surface area contributed by atoms with Crippen molar-refractivity contribution in [2.24, 2.45) is 4.99 Å². The Kier molecular flexibility index (Phi) is 1.96. The molecular weight excluding hydrogens is 237 g/mol. The van der Waals surface area contributed by atoms with Crippen LogP contribution in [0.5, 0.6) is 5.88 Å². The second-order valence-electron chi connectivity index (χ2n) is 4.38. The standard InChI is InChI=1S/C12H10FN3O2/c13-7-4-14-11-6(7)3-9-12(16-11)18-10-5-17-2-1-8(10)15-9/h3-4,10H,1-2,5H2,(H,14,16)/t10-/m0/s1. The highest BCUT2D eigenvalue weighted by atomic mass is 19.1. The molecule has 2 aliphatic rings. The monoisotopic (exact) mass is 247 g/mol. The third-order valence-corrected chi connectivity index (χ3v) is 3.22. The Morgan fingerprint density at radius 1 is 1.44 bits per heavy atom. The number of nitrogens with one attached hydrogen (secondary N) is 1. The van der Waals surface area contributed by atoms with Gasteiger partial charge in [-0.15, -0.1) is 0 Å². The molecular formula is C12H10FN3O2. The molecule has 0 bridgehead atoms. The Labute approximate surface area is 102 Å². The van der Waals surface area contributed by atoms with Gasteiger partial charge in [-0.25, -0.2) is 9.38 Å². The number of hydrogen-bond acceptors (Lipinski definition) is 4. The van der Waals surface area contributed by atoms with Gasteiger partial charge in [0.05, 0.1) is 24.3 Å². The highest BCUT2D eigenvalue weighted by Gasteiger charge is 2.29. The van der Waals surface area contributed by atoms with Crippen molar-refractivity contribution in [3.05, 3.63) is 18.1 Å². The average molecular weight is 247 g/mol. The molecule has 1 saturated heterocycles. The predicted octanol–water partition coefficient (Wildman–Crippen LogP) is 1.96. The zero-order chi connectivity index (χ0) is 12.1. The number of aliphatic imine (C=N–C) groups is 1. The van der Waals surface area contributed by atoms with Crippen LogP contribution in [0, 0.1) is 5.82 Å². The van der Waals surface area contributed by atoms with Gasteiger partial charge in [0.25, 0.3) is 0 Å². The number of hydrogen-bond donors (Lipinski definition) is 1. The molecule has 0 aromatic carbocycles. The molecule has 2 aliphatic heterocycles. The number of H-pyrrole nitrogens is 1. The fourth-order valence-corrected chi connectivity index (χ4v) is 2.30. The van der Waals surface area contributed by atoms with Crippen molar-refractivity contribution in [2.75, 3.05) is 13.2 Å². The summed E-state index contributed by atoms with van der Waals surface area (Å²) >= 11 is 0. The highest BCUT2D eigenvalue weighted by molar-refractivity contribution is 5.95. The van der Waals surface area contributed by atoms with Crippen LogP contribution in [0.25, 0.3) is 11.0 Å². The molecule has 0 saturated carbocycles. The summed E-state index contributed by atoms with van der Waals surface area (Å²) in [5.74, 6) is 0.109. The summed E-state index contributed by atoms with van der Waals surface area (Å²) in [6.07, 6.45) is 1.88. The number of aromatic nitrogens is 2.